The van der Waals surface area contributed by atoms with Crippen molar-refractivity contribution in [3.05, 3.63) is 54.1 Å². The second kappa shape index (κ2) is 10.3. The van der Waals surface area contributed by atoms with Crippen LogP contribution in [0, 0.1) is 5.92 Å². The van der Waals surface area contributed by atoms with Gasteiger partial charge in [-0.25, -0.2) is 0 Å². The number of ether oxygens (including phenoxy) is 2. The van der Waals surface area contributed by atoms with Gasteiger partial charge >= 0.3 is 0 Å². The number of piperazine rings is 1. The Balaban J connectivity index is 1.38. The maximum atomic E-state index is 13.2. The predicted octanol–water partition coefficient (Wildman–Crippen LogP) is 3.87. The van der Waals surface area contributed by atoms with E-state index in [9.17, 15) is 4.79 Å². The number of benzene rings is 2. The summed E-state index contributed by atoms with van der Waals surface area (Å²) in [6, 6.07) is 16.3. The summed E-state index contributed by atoms with van der Waals surface area (Å²) in [7, 11) is 0. The van der Waals surface area contributed by atoms with Gasteiger partial charge < -0.3 is 19.3 Å². The number of hydrogen-bond donors (Lipinski definition) is 1. The van der Waals surface area contributed by atoms with Crippen LogP contribution in [0.5, 0.6) is 11.5 Å². The average molecular weight is 438 g/mol. The van der Waals surface area contributed by atoms with E-state index in [4.69, 9.17) is 9.47 Å². The van der Waals surface area contributed by atoms with Gasteiger partial charge in [0.15, 0.2) is 11.5 Å². The van der Waals surface area contributed by atoms with E-state index < -0.39 is 0 Å². The van der Waals surface area contributed by atoms with Gasteiger partial charge in [-0.1, -0.05) is 38.1 Å². The molecule has 6 nitrogen and oxygen atoms in total. The third-order valence-electron chi connectivity index (χ3n) is 6.31. The van der Waals surface area contributed by atoms with E-state index in [-0.39, 0.29) is 18.0 Å². The van der Waals surface area contributed by atoms with Crippen molar-refractivity contribution < 1.29 is 14.3 Å². The van der Waals surface area contributed by atoms with Gasteiger partial charge in [0.2, 0.25) is 5.91 Å². The van der Waals surface area contributed by atoms with Gasteiger partial charge in [0.25, 0.3) is 0 Å². The number of para-hydroxylation sites is 1. The maximum Gasteiger partial charge on any atom is 0.239 e. The lowest BCUT2D eigenvalue weighted by atomic mass is 9.94. The van der Waals surface area contributed by atoms with Gasteiger partial charge in [-0.2, -0.15) is 0 Å². The molecule has 2 aromatic rings. The number of rotatable bonds is 6. The molecular formula is C26H35N3O3. The van der Waals surface area contributed by atoms with Crippen molar-refractivity contribution in [3.63, 3.8) is 0 Å². The van der Waals surface area contributed by atoms with E-state index >= 15 is 0 Å². The third-order valence-corrected chi connectivity index (χ3v) is 6.31. The molecule has 0 aromatic heterocycles. The lowest BCUT2D eigenvalue weighted by Crippen LogP contribution is -2.54. The van der Waals surface area contributed by atoms with Crippen LogP contribution in [0.3, 0.4) is 0 Å². The number of amides is 1. The zero-order chi connectivity index (χ0) is 22.5. The van der Waals surface area contributed by atoms with Crippen LogP contribution in [0.15, 0.2) is 48.5 Å². The van der Waals surface area contributed by atoms with Crippen LogP contribution in [0.2, 0.25) is 0 Å². The number of anilines is 1. The molecule has 0 unspecified atom stereocenters. The van der Waals surface area contributed by atoms with Crippen molar-refractivity contribution in [2.24, 2.45) is 5.92 Å². The second-order valence-corrected chi connectivity index (χ2v) is 9.01. The summed E-state index contributed by atoms with van der Waals surface area (Å²) < 4.78 is 11.7. The molecule has 1 N–H and O–H groups in total. The predicted molar refractivity (Wildman–Crippen MR) is 127 cm³/mol. The highest BCUT2D eigenvalue weighted by atomic mass is 16.5. The molecule has 2 atom stereocenters. The zero-order valence-electron chi connectivity index (χ0n) is 19.4. The van der Waals surface area contributed by atoms with Crippen molar-refractivity contribution in [1.29, 1.82) is 0 Å². The molecule has 0 saturated carbocycles. The molecule has 4 rings (SSSR count). The Labute approximate surface area is 191 Å². The van der Waals surface area contributed by atoms with Crippen LogP contribution in [0.25, 0.3) is 0 Å². The summed E-state index contributed by atoms with van der Waals surface area (Å²) in [5.41, 5.74) is 2.35. The van der Waals surface area contributed by atoms with Crippen LogP contribution in [0.1, 0.15) is 38.8 Å². The van der Waals surface area contributed by atoms with E-state index in [1.165, 1.54) is 5.69 Å². The van der Waals surface area contributed by atoms with Gasteiger partial charge in [-0.05, 0) is 42.7 Å². The standard InChI is InChI=1S/C26H35N3O3/c1-19(2)25(21-10-11-23-24(18-21)32-17-7-16-31-23)27-20(3)26(30)29-14-12-28(13-15-29)22-8-5-4-6-9-22/h4-6,8-11,18-20,25,27H,7,12-17H2,1-3H3/t20-,25-/m0/s1. The van der Waals surface area contributed by atoms with Crippen molar-refractivity contribution >= 4 is 11.6 Å². The molecule has 1 saturated heterocycles. The Morgan fingerprint density at radius 2 is 1.59 bits per heavy atom. The first kappa shape index (κ1) is 22.5. The lowest BCUT2D eigenvalue weighted by Gasteiger charge is -2.38. The summed E-state index contributed by atoms with van der Waals surface area (Å²) in [5, 5.41) is 3.59. The molecule has 1 fully saturated rings. The molecule has 0 bridgehead atoms. The number of hydrogen-bond acceptors (Lipinski definition) is 5. The Morgan fingerprint density at radius 3 is 2.28 bits per heavy atom. The van der Waals surface area contributed by atoms with E-state index in [1.54, 1.807) is 0 Å². The first-order valence-electron chi connectivity index (χ1n) is 11.8. The number of nitrogens with one attached hydrogen (secondary N) is 1. The van der Waals surface area contributed by atoms with Crippen molar-refractivity contribution in [1.82, 2.24) is 10.2 Å². The van der Waals surface area contributed by atoms with Crippen LogP contribution in [-0.4, -0.2) is 56.2 Å². The van der Waals surface area contributed by atoms with E-state index in [1.807, 2.05) is 24.0 Å². The molecule has 0 radical (unpaired) electrons. The normalized spacial score (nSPS) is 18.2. The maximum absolute atomic E-state index is 13.2. The van der Waals surface area contributed by atoms with Gasteiger partial charge in [0.05, 0.1) is 19.3 Å². The molecule has 0 aliphatic carbocycles. The quantitative estimate of drug-likeness (QED) is 0.744. The smallest absolute Gasteiger partial charge is 0.239 e. The largest absolute Gasteiger partial charge is 0.490 e. The molecule has 32 heavy (non-hydrogen) atoms. The Hall–Kier alpha value is -2.73. The molecule has 2 aliphatic rings. The highest BCUT2D eigenvalue weighted by Crippen LogP contribution is 2.34. The first-order chi connectivity index (χ1) is 15.5. The van der Waals surface area contributed by atoms with Crippen LogP contribution in [-0.2, 0) is 4.79 Å². The van der Waals surface area contributed by atoms with E-state index in [0.29, 0.717) is 19.1 Å². The van der Waals surface area contributed by atoms with Gasteiger partial charge in [-0.3, -0.25) is 10.1 Å². The summed E-state index contributed by atoms with van der Waals surface area (Å²) in [4.78, 5) is 17.5. The molecule has 2 heterocycles. The average Bonchev–Trinajstić information content (AvgIpc) is 3.07. The SMILES string of the molecule is CC(C)[C@H](N[C@@H](C)C(=O)N1CCN(c2ccccc2)CC1)c1ccc2c(c1)OCCCO2. The molecule has 1 amide bonds. The highest BCUT2D eigenvalue weighted by molar-refractivity contribution is 5.81. The molecule has 6 heteroatoms. The molecule has 2 aliphatic heterocycles. The summed E-state index contributed by atoms with van der Waals surface area (Å²) in [6.45, 7) is 10.9. The van der Waals surface area contributed by atoms with Crippen LogP contribution in [0.4, 0.5) is 5.69 Å². The first-order valence-corrected chi connectivity index (χ1v) is 11.8. The Bertz CT molecular complexity index is 894. The number of fused-ring (bicyclic) bond motifs is 1. The van der Waals surface area contributed by atoms with Crippen molar-refractivity contribution in [3.8, 4) is 11.5 Å². The Morgan fingerprint density at radius 1 is 0.906 bits per heavy atom. The lowest BCUT2D eigenvalue weighted by molar-refractivity contribution is -0.133. The molecule has 0 spiro atoms. The fourth-order valence-electron chi connectivity index (χ4n) is 4.49. The molecular weight excluding hydrogens is 402 g/mol. The molecule has 2 aromatic carbocycles. The summed E-state index contributed by atoms with van der Waals surface area (Å²) >= 11 is 0. The molecule has 172 valence electrons. The topological polar surface area (TPSA) is 54.0 Å². The van der Waals surface area contributed by atoms with E-state index in [2.05, 4.69) is 60.5 Å². The highest BCUT2D eigenvalue weighted by Gasteiger charge is 2.28. The van der Waals surface area contributed by atoms with Crippen LogP contribution < -0.4 is 19.7 Å². The zero-order valence-corrected chi connectivity index (χ0v) is 19.4. The minimum Gasteiger partial charge on any atom is -0.490 e. The van der Waals surface area contributed by atoms with Crippen molar-refractivity contribution in [2.45, 2.75) is 39.3 Å². The number of nitrogens with zero attached hydrogens (tertiary/aromatic N) is 2. The van der Waals surface area contributed by atoms with E-state index in [0.717, 1.165) is 49.7 Å². The fourth-order valence-corrected chi connectivity index (χ4v) is 4.49. The summed E-state index contributed by atoms with van der Waals surface area (Å²) in [5.74, 6) is 2.08. The minimum atomic E-state index is -0.262. The third kappa shape index (κ3) is 5.18. The minimum absolute atomic E-state index is 0.0525. The van der Waals surface area contributed by atoms with Gasteiger partial charge in [0.1, 0.15) is 0 Å². The number of carbonyl (C=O) groups is 1. The van der Waals surface area contributed by atoms with Crippen LogP contribution >= 0.6 is 0 Å². The van der Waals surface area contributed by atoms with Gasteiger partial charge in [0, 0.05) is 44.3 Å². The van der Waals surface area contributed by atoms with Gasteiger partial charge in [-0.15, -0.1) is 0 Å². The number of carbonyl (C=O) groups excluding carboxylic acids is 1. The second-order valence-electron chi connectivity index (χ2n) is 9.01. The van der Waals surface area contributed by atoms with Crippen molar-refractivity contribution in [2.75, 3.05) is 44.3 Å². The Kier molecular flexibility index (Phi) is 7.20. The summed E-state index contributed by atoms with van der Waals surface area (Å²) in [6.07, 6.45) is 0.888. The fraction of sp³-hybridized carbons (Fsp3) is 0.500. The monoisotopic (exact) mass is 437 g/mol.